The fourth-order valence-electron chi connectivity index (χ4n) is 1.84. The normalized spacial score (nSPS) is 12.6. The Bertz CT molecular complexity index is 709. The zero-order valence-corrected chi connectivity index (χ0v) is 11.5. The quantitative estimate of drug-likeness (QED) is 0.463. The Kier molecular flexibility index (Phi) is 4.45. The van der Waals surface area contributed by atoms with Gasteiger partial charge in [0.2, 0.25) is 0 Å². The first kappa shape index (κ1) is 13.7. The number of fused-ring (bicyclic) bond motifs is 1. The lowest BCUT2D eigenvalue weighted by Gasteiger charge is -2.04. The summed E-state index contributed by atoms with van der Waals surface area (Å²) in [5.41, 5.74) is 8.21. The van der Waals surface area contributed by atoms with Gasteiger partial charge in [-0.05, 0) is 31.2 Å². The van der Waals surface area contributed by atoms with Crippen LogP contribution in [-0.4, -0.2) is 0 Å². The van der Waals surface area contributed by atoms with Gasteiger partial charge in [-0.1, -0.05) is 43.0 Å². The van der Waals surface area contributed by atoms with E-state index in [4.69, 9.17) is 5.73 Å². The second-order valence-corrected chi connectivity index (χ2v) is 4.24. The van der Waals surface area contributed by atoms with Crippen LogP contribution in [-0.2, 0) is 0 Å². The predicted molar refractivity (Wildman–Crippen MR) is 86.0 cm³/mol. The number of benzene rings is 2. The summed E-state index contributed by atoms with van der Waals surface area (Å²) in [6.07, 6.45) is 7.35. The van der Waals surface area contributed by atoms with Crippen LogP contribution in [0.25, 0.3) is 10.8 Å². The molecular weight excluding hydrogens is 246 g/mol. The van der Waals surface area contributed by atoms with Crippen LogP contribution in [0.5, 0.6) is 0 Å². The van der Waals surface area contributed by atoms with Gasteiger partial charge in [-0.15, -0.1) is 5.11 Å². The number of hydrogen-bond donors (Lipinski definition) is 1. The minimum absolute atomic E-state index is 0.712. The third-order valence-electron chi connectivity index (χ3n) is 2.88. The van der Waals surface area contributed by atoms with E-state index in [1.54, 1.807) is 6.08 Å². The number of nitrogens with zero attached hydrogens (tertiary/aromatic N) is 2. The number of nitrogens with two attached hydrogens (primary N) is 1. The van der Waals surface area contributed by atoms with E-state index in [9.17, 15) is 0 Å². The standard InChI is InChI=1S/C17H17N3/c1-3-5-8-13(4-2)19-20-17-12-11-16(18)14-9-6-7-10-15(14)17/h3-12H,2,18H2,1H3/b5-3-,13-8+,20-19+. The van der Waals surface area contributed by atoms with Gasteiger partial charge in [-0.3, -0.25) is 0 Å². The zero-order chi connectivity index (χ0) is 14.4. The lowest BCUT2D eigenvalue weighted by Crippen LogP contribution is -1.86. The van der Waals surface area contributed by atoms with Gasteiger partial charge >= 0.3 is 0 Å². The van der Waals surface area contributed by atoms with Gasteiger partial charge in [0.1, 0.15) is 0 Å². The second kappa shape index (κ2) is 6.48. The molecular formula is C17H17N3. The first-order valence-electron chi connectivity index (χ1n) is 6.40. The van der Waals surface area contributed by atoms with Gasteiger partial charge in [-0.2, -0.15) is 5.11 Å². The van der Waals surface area contributed by atoms with Gasteiger partial charge in [0, 0.05) is 16.5 Å². The molecule has 0 unspecified atom stereocenters. The predicted octanol–water partition coefficient (Wildman–Crippen LogP) is 5.15. The zero-order valence-electron chi connectivity index (χ0n) is 11.5. The Morgan fingerprint density at radius 2 is 1.90 bits per heavy atom. The van der Waals surface area contributed by atoms with Crippen molar-refractivity contribution < 1.29 is 0 Å². The van der Waals surface area contributed by atoms with Crippen molar-refractivity contribution in [3.63, 3.8) is 0 Å². The van der Waals surface area contributed by atoms with Gasteiger partial charge in [-0.25, -0.2) is 0 Å². The first-order valence-corrected chi connectivity index (χ1v) is 6.40. The highest BCUT2D eigenvalue weighted by atomic mass is 15.1. The fraction of sp³-hybridized carbons (Fsp3) is 0.0588. The molecule has 0 aliphatic heterocycles. The monoisotopic (exact) mass is 263 g/mol. The molecule has 0 aliphatic rings. The average molecular weight is 263 g/mol. The largest absolute Gasteiger partial charge is 0.398 e. The molecule has 2 aromatic carbocycles. The number of hydrogen-bond acceptors (Lipinski definition) is 3. The molecule has 0 atom stereocenters. The van der Waals surface area contributed by atoms with Crippen molar-refractivity contribution in [2.24, 2.45) is 10.2 Å². The Balaban J connectivity index is 2.44. The molecule has 0 spiro atoms. The van der Waals surface area contributed by atoms with Gasteiger partial charge in [0.15, 0.2) is 0 Å². The molecule has 2 aromatic rings. The number of allylic oxidation sites excluding steroid dienone is 4. The molecule has 0 aliphatic carbocycles. The molecule has 0 amide bonds. The summed E-state index contributed by atoms with van der Waals surface area (Å²) in [5, 5.41) is 10.5. The van der Waals surface area contributed by atoms with Crippen molar-refractivity contribution in [2.45, 2.75) is 6.92 Å². The number of anilines is 1. The van der Waals surface area contributed by atoms with Crippen molar-refractivity contribution in [3.8, 4) is 0 Å². The highest BCUT2D eigenvalue weighted by Gasteiger charge is 2.02. The second-order valence-electron chi connectivity index (χ2n) is 4.24. The van der Waals surface area contributed by atoms with Crippen LogP contribution in [0.3, 0.4) is 0 Å². The fourth-order valence-corrected chi connectivity index (χ4v) is 1.84. The van der Waals surface area contributed by atoms with Gasteiger partial charge < -0.3 is 5.73 Å². The maximum Gasteiger partial charge on any atom is 0.0936 e. The highest BCUT2D eigenvalue weighted by molar-refractivity contribution is 5.99. The topological polar surface area (TPSA) is 50.7 Å². The molecule has 0 fully saturated rings. The molecule has 0 heterocycles. The SMILES string of the molecule is C=CC(=C\C=C/C)/N=N/c1ccc(N)c2ccccc12. The van der Waals surface area contributed by atoms with Crippen LogP contribution in [0.2, 0.25) is 0 Å². The average Bonchev–Trinajstić information content (AvgIpc) is 2.49. The van der Waals surface area contributed by atoms with Crippen molar-refractivity contribution in [2.75, 3.05) is 5.73 Å². The van der Waals surface area contributed by atoms with Crippen molar-refractivity contribution in [1.82, 2.24) is 0 Å². The van der Waals surface area contributed by atoms with Crippen molar-refractivity contribution >= 4 is 22.1 Å². The van der Waals surface area contributed by atoms with Crippen LogP contribution >= 0.6 is 0 Å². The van der Waals surface area contributed by atoms with Crippen LogP contribution in [0.15, 0.2) is 83.2 Å². The molecule has 0 bridgehead atoms. The Morgan fingerprint density at radius 3 is 2.60 bits per heavy atom. The number of azo groups is 1. The maximum atomic E-state index is 5.96. The van der Waals surface area contributed by atoms with Crippen LogP contribution in [0.1, 0.15) is 6.92 Å². The van der Waals surface area contributed by atoms with E-state index < -0.39 is 0 Å². The van der Waals surface area contributed by atoms with Gasteiger partial charge in [0.05, 0.1) is 11.4 Å². The third kappa shape index (κ3) is 3.01. The minimum atomic E-state index is 0.712. The summed E-state index contributed by atoms with van der Waals surface area (Å²) in [4.78, 5) is 0. The van der Waals surface area contributed by atoms with E-state index in [0.29, 0.717) is 5.70 Å². The lowest BCUT2D eigenvalue weighted by molar-refractivity contribution is 1.18. The summed E-state index contributed by atoms with van der Waals surface area (Å²) < 4.78 is 0. The minimum Gasteiger partial charge on any atom is -0.398 e. The first-order chi connectivity index (χ1) is 9.76. The molecule has 3 nitrogen and oxygen atoms in total. The number of rotatable bonds is 4. The Labute approximate surface area is 118 Å². The maximum absolute atomic E-state index is 5.96. The van der Waals surface area contributed by atoms with Crippen molar-refractivity contribution in [1.29, 1.82) is 0 Å². The van der Waals surface area contributed by atoms with E-state index in [1.165, 1.54) is 0 Å². The summed E-state index contributed by atoms with van der Waals surface area (Å²) in [5.74, 6) is 0. The van der Waals surface area contributed by atoms with E-state index >= 15 is 0 Å². The molecule has 3 heteroatoms. The lowest BCUT2D eigenvalue weighted by atomic mass is 10.1. The number of nitrogen functional groups attached to an aromatic ring is 1. The highest BCUT2D eigenvalue weighted by Crippen LogP contribution is 2.30. The molecule has 2 rings (SSSR count). The summed E-state index contributed by atoms with van der Waals surface area (Å²) in [7, 11) is 0. The molecule has 2 N–H and O–H groups in total. The van der Waals surface area contributed by atoms with E-state index in [0.717, 1.165) is 22.1 Å². The Hall–Kier alpha value is -2.68. The van der Waals surface area contributed by atoms with Crippen LogP contribution < -0.4 is 5.73 Å². The van der Waals surface area contributed by atoms with E-state index in [1.807, 2.05) is 61.5 Å². The van der Waals surface area contributed by atoms with E-state index in [2.05, 4.69) is 16.8 Å². The van der Waals surface area contributed by atoms with Gasteiger partial charge in [0.25, 0.3) is 0 Å². The molecule has 20 heavy (non-hydrogen) atoms. The molecule has 0 saturated heterocycles. The summed E-state index contributed by atoms with van der Waals surface area (Å²) in [6.45, 7) is 5.67. The summed E-state index contributed by atoms with van der Waals surface area (Å²) >= 11 is 0. The van der Waals surface area contributed by atoms with E-state index in [-0.39, 0.29) is 0 Å². The molecule has 0 aromatic heterocycles. The van der Waals surface area contributed by atoms with Crippen molar-refractivity contribution in [3.05, 3.63) is 73.0 Å². The summed E-state index contributed by atoms with van der Waals surface area (Å²) in [6, 6.07) is 11.6. The third-order valence-corrected chi connectivity index (χ3v) is 2.88. The Morgan fingerprint density at radius 1 is 1.15 bits per heavy atom. The molecule has 100 valence electrons. The van der Waals surface area contributed by atoms with Crippen LogP contribution in [0.4, 0.5) is 11.4 Å². The smallest absolute Gasteiger partial charge is 0.0936 e. The van der Waals surface area contributed by atoms with Crippen LogP contribution in [0, 0.1) is 0 Å². The molecule has 0 radical (unpaired) electrons. The molecule has 0 saturated carbocycles.